The van der Waals surface area contributed by atoms with Crippen molar-refractivity contribution in [2.24, 2.45) is 0 Å². The number of nitrogens with one attached hydrogen (secondary N) is 1. The minimum atomic E-state index is 0.188. The van der Waals surface area contributed by atoms with Gasteiger partial charge in [-0.25, -0.2) is 0 Å². The molecule has 0 radical (unpaired) electrons. The molecule has 1 aliphatic heterocycles. The lowest BCUT2D eigenvalue weighted by Crippen LogP contribution is -2.35. The first-order valence-corrected chi connectivity index (χ1v) is 6.99. The summed E-state index contributed by atoms with van der Waals surface area (Å²) in [6.45, 7) is 1.84. The number of carbonyl (C=O) groups excluding carboxylic acids is 1. The van der Waals surface area contributed by atoms with E-state index in [2.05, 4.69) is 5.32 Å². The number of likely N-dealkylation sites (tertiary alicyclic amines) is 1. The molecule has 0 spiro atoms. The third kappa shape index (κ3) is 2.66. The van der Waals surface area contributed by atoms with Crippen LogP contribution in [0.5, 0.6) is 0 Å². The molecule has 96 valence electrons. The average molecular weight is 244 g/mol. The molecule has 0 bridgehead atoms. The maximum atomic E-state index is 12.3. The SMILES string of the molecule is O=C(c1ccc(NC2CC2)cc1)N1CCCCC1. The van der Waals surface area contributed by atoms with Crippen LogP contribution in [0.15, 0.2) is 24.3 Å². The summed E-state index contributed by atoms with van der Waals surface area (Å²) in [6.07, 6.45) is 6.09. The molecule has 1 heterocycles. The first-order chi connectivity index (χ1) is 8.83. The van der Waals surface area contributed by atoms with Gasteiger partial charge in [0.2, 0.25) is 0 Å². The number of anilines is 1. The summed E-state index contributed by atoms with van der Waals surface area (Å²) in [7, 11) is 0. The second kappa shape index (κ2) is 5.01. The van der Waals surface area contributed by atoms with Gasteiger partial charge in [0.05, 0.1) is 0 Å². The zero-order valence-corrected chi connectivity index (χ0v) is 10.7. The van der Waals surface area contributed by atoms with Gasteiger partial charge in [0.1, 0.15) is 0 Å². The molecule has 1 aliphatic carbocycles. The summed E-state index contributed by atoms with van der Waals surface area (Å²) in [6, 6.07) is 8.60. The van der Waals surface area contributed by atoms with Gasteiger partial charge in [0.15, 0.2) is 0 Å². The van der Waals surface area contributed by atoms with Crippen LogP contribution in [0, 0.1) is 0 Å². The average Bonchev–Trinajstić information content (AvgIpc) is 3.24. The van der Waals surface area contributed by atoms with Crippen LogP contribution in [0.25, 0.3) is 0 Å². The van der Waals surface area contributed by atoms with E-state index in [1.54, 1.807) is 0 Å². The van der Waals surface area contributed by atoms with Crippen LogP contribution < -0.4 is 5.32 Å². The van der Waals surface area contributed by atoms with Crippen LogP contribution in [0.3, 0.4) is 0 Å². The highest BCUT2D eigenvalue weighted by Crippen LogP contribution is 2.25. The van der Waals surface area contributed by atoms with Gasteiger partial charge in [-0.2, -0.15) is 0 Å². The predicted molar refractivity (Wildman–Crippen MR) is 72.8 cm³/mol. The number of carbonyl (C=O) groups is 1. The largest absolute Gasteiger partial charge is 0.382 e. The van der Waals surface area contributed by atoms with Gasteiger partial charge < -0.3 is 10.2 Å². The third-order valence-electron chi connectivity index (χ3n) is 3.72. The van der Waals surface area contributed by atoms with Crippen LogP contribution in [0.1, 0.15) is 42.5 Å². The topological polar surface area (TPSA) is 32.3 Å². The summed E-state index contributed by atoms with van der Waals surface area (Å²) in [5.41, 5.74) is 1.95. The highest BCUT2D eigenvalue weighted by molar-refractivity contribution is 5.94. The van der Waals surface area contributed by atoms with Crippen molar-refractivity contribution < 1.29 is 4.79 Å². The Kier molecular flexibility index (Phi) is 3.22. The molecule has 1 saturated heterocycles. The van der Waals surface area contributed by atoms with Crippen LogP contribution in [-0.4, -0.2) is 29.9 Å². The van der Waals surface area contributed by atoms with Crippen molar-refractivity contribution in [3.05, 3.63) is 29.8 Å². The fourth-order valence-corrected chi connectivity index (χ4v) is 2.45. The van der Waals surface area contributed by atoms with Crippen LogP contribution in [0.4, 0.5) is 5.69 Å². The fourth-order valence-electron chi connectivity index (χ4n) is 2.45. The van der Waals surface area contributed by atoms with E-state index in [9.17, 15) is 4.79 Å². The van der Waals surface area contributed by atoms with Gasteiger partial charge in [-0.1, -0.05) is 0 Å². The van der Waals surface area contributed by atoms with Gasteiger partial charge in [-0.3, -0.25) is 4.79 Å². The number of amides is 1. The quantitative estimate of drug-likeness (QED) is 0.886. The van der Waals surface area contributed by atoms with Gasteiger partial charge in [0, 0.05) is 30.4 Å². The maximum Gasteiger partial charge on any atom is 0.253 e. The Morgan fingerprint density at radius 1 is 1.06 bits per heavy atom. The highest BCUT2D eigenvalue weighted by Gasteiger charge is 2.21. The molecule has 0 unspecified atom stereocenters. The minimum Gasteiger partial charge on any atom is -0.382 e. The Morgan fingerprint density at radius 2 is 1.72 bits per heavy atom. The predicted octanol–water partition coefficient (Wildman–Crippen LogP) is 2.89. The van der Waals surface area contributed by atoms with E-state index in [0.29, 0.717) is 6.04 Å². The summed E-state index contributed by atoms with van der Waals surface area (Å²) >= 11 is 0. The van der Waals surface area contributed by atoms with E-state index < -0.39 is 0 Å². The number of hydrogen-bond donors (Lipinski definition) is 1. The zero-order valence-electron chi connectivity index (χ0n) is 10.7. The smallest absolute Gasteiger partial charge is 0.253 e. The maximum absolute atomic E-state index is 12.3. The molecular weight excluding hydrogens is 224 g/mol. The third-order valence-corrected chi connectivity index (χ3v) is 3.72. The molecule has 1 N–H and O–H groups in total. The Morgan fingerprint density at radius 3 is 2.33 bits per heavy atom. The van der Waals surface area contributed by atoms with E-state index in [-0.39, 0.29) is 5.91 Å². The lowest BCUT2D eigenvalue weighted by molar-refractivity contribution is 0.0724. The van der Waals surface area contributed by atoms with Crippen LogP contribution >= 0.6 is 0 Å². The molecule has 0 aromatic heterocycles. The van der Waals surface area contributed by atoms with Crippen molar-refractivity contribution >= 4 is 11.6 Å². The number of benzene rings is 1. The number of nitrogens with zero attached hydrogens (tertiary/aromatic N) is 1. The zero-order chi connectivity index (χ0) is 12.4. The van der Waals surface area contributed by atoms with E-state index in [0.717, 1.165) is 37.2 Å². The molecule has 1 amide bonds. The van der Waals surface area contributed by atoms with E-state index in [1.807, 2.05) is 29.2 Å². The van der Waals surface area contributed by atoms with E-state index in [4.69, 9.17) is 0 Å². The number of rotatable bonds is 3. The van der Waals surface area contributed by atoms with Gasteiger partial charge in [-0.15, -0.1) is 0 Å². The summed E-state index contributed by atoms with van der Waals surface area (Å²) in [5, 5.41) is 3.44. The molecule has 3 heteroatoms. The first kappa shape index (κ1) is 11.6. The normalized spacial score (nSPS) is 19.7. The molecule has 18 heavy (non-hydrogen) atoms. The van der Waals surface area contributed by atoms with Crippen LogP contribution in [-0.2, 0) is 0 Å². The monoisotopic (exact) mass is 244 g/mol. The first-order valence-electron chi connectivity index (χ1n) is 6.99. The number of hydrogen-bond acceptors (Lipinski definition) is 2. The Hall–Kier alpha value is -1.51. The van der Waals surface area contributed by atoms with E-state index >= 15 is 0 Å². The molecule has 3 rings (SSSR count). The fraction of sp³-hybridized carbons (Fsp3) is 0.533. The summed E-state index contributed by atoms with van der Waals surface area (Å²) < 4.78 is 0. The summed E-state index contributed by atoms with van der Waals surface area (Å²) in [4.78, 5) is 14.2. The highest BCUT2D eigenvalue weighted by atomic mass is 16.2. The lowest BCUT2D eigenvalue weighted by Gasteiger charge is -2.26. The Balaban J connectivity index is 1.65. The second-order valence-electron chi connectivity index (χ2n) is 5.35. The van der Waals surface area contributed by atoms with E-state index in [1.165, 1.54) is 19.3 Å². The van der Waals surface area contributed by atoms with Crippen molar-refractivity contribution in [1.29, 1.82) is 0 Å². The molecular formula is C15H20N2O. The summed E-state index contributed by atoms with van der Waals surface area (Å²) in [5.74, 6) is 0.188. The molecule has 1 saturated carbocycles. The second-order valence-corrected chi connectivity index (χ2v) is 5.35. The van der Waals surface area contributed by atoms with Crippen molar-refractivity contribution in [3.63, 3.8) is 0 Å². The van der Waals surface area contributed by atoms with Gasteiger partial charge in [-0.05, 0) is 56.4 Å². The van der Waals surface area contributed by atoms with Gasteiger partial charge in [0.25, 0.3) is 5.91 Å². The molecule has 2 aliphatic rings. The Labute approximate surface area is 108 Å². The standard InChI is InChI=1S/C15H20N2O/c18-15(17-10-2-1-3-11-17)12-4-6-13(7-5-12)16-14-8-9-14/h4-7,14,16H,1-3,8-11H2. The van der Waals surface area contributed by atoms with Crippen molar-refractivity contribution in [2.45, 2.75) is 38.1 Å². The molecule has 1 aromatic carbocycles. The van der Waals surface area contributed by atoms with Crippen LogP contribution in [0.2, 0.25) is 0 Å². The number of piperidine rings is 1. The van der Waals surface area contributed by atoms with Gasteiger partial charge >= 0.3 is 0 Å². The lowest BCUT2D eigenvalue weighted by atomic mass is 10.1. The molecule has 1 aromatic rings. The molecule has 2 fully saturated rings. The molecule has 3 nitrogen and oxygen atoms in total. The van der Waals surface area contributed by atoms with Crippen molar-refractivity contribution in [3.8, 4) is 0 Å². The minimum absolute atomic E-state index is 0.188. The Bertz CT molecular complexity index is 417. The van der Waals surface area contributed by atoms with Crippen molar-refractivity contribution in [2.75, 3.05) is 18.4 Å². The molecule has 0 atom stereocenters. The van der Waals surface area contributed by atoms with Crippen molar-refractivity contribution in [1.82, 2.24) is 4.90 Å².